The van der Waals surface area contributed by atoms with Crippen LogP contribution < -0.4 is 4.74 Å². The minimum absolute atomic E-state index is 0.475. The van der Waals surface area contributed by atoms with Crippen molar-refractivity contribution in [2.24, 2.45) is 0 Å². The van der Waals surface area contributed by atoms with Crippen molar-refractivity contribution in [1.82, 2.24) is 30.1 Å². The summed E-state index contributed by atoms with van der Waals surface area (Å²) < 4.78 is 39.2. The number of nitrogens with zero attached hydrogens (tertiary/aromatic N) is 6. The molecule has 0 amide bonds. The molecule has 12 heteroatoms. The lowest BCUT2D eigenvalue weighted by Crippen LogP contribution is -2.21. The van der Waals surface area contributed by atoms with Gasteiger partial charge in [-0.15, -0.1) is 15.3 Å². The van der Waals surface area contributed by atoms with Crippen LogP contribution in [0.15, 0.2) is 48.7 Å². The Labute approximate surface area is 181 Å². The van der Waals surface area contributed by atoms with Crippen molar-refractivity contribution in [2.75, 3.05) is 20.1 Å². The number of carbonyl (C=O) groups is 1. The number of rotatable bonds is 5. The Balaban J connectivity index is 0.000000360. The maximum atomic E-state index is 10.6. The SMILES string of the molecule is CN1CCC(c2cn(Cc3ccc(Oc4ccccc4)nn3)nn2)C1.O=C(O)C(F)(F)F. The van der Waals surface area contributed by atoms with Crippen LogP contribution in [-0.2, 0) is 11.3 Å². The minimum atomic E-state index is -5.08. The fraction of sp³-hybridized carbons (Fsp3) is 0.350. The molecule has 0 bridgehead atoms. The van der Waals surface area contributed by atoms with E-state index in [1.54, 1.807) is 0 Å². The number of para-hydroxylation sites is 1. The second-order valence-corrected chi connectivity index (χ2v) is 7.17. The predicted molar refractivity (Wildman–Crippen MR) is 106 cm³/mol. The van der Waals surface area contributed by atoms with Gasteiger partial charge in [0.2, 0.25) is 5.88 Å². The molecule has 1 aliphatic rings. The number of benzene rings is 1. The summed E-state index contributed by atoms with van der Waals surface area (Å²) in [4.78, 5) is 11.2. The summed E-state index contributed by atoms with van der Waals surface area (Å²) in [5.41, 5.74) is 1.88. The third kappa shape index (κ3) is 6.74. The first-order chi connectivity index (χ1) is 15.2. The molecule has 170 valence electrons. The average Bonchev–Trinajstić information content (AvgIpc) is 3.39. The van der Waals surface area contributed by atoms with E-state index in [0.717, 1.165) is 36.6 Å². The highest BCUT2D eigenvalue weighted by molar-refractivity contribution is 5.73. The fourth-order valence-electron chi connectivity index (χ4n) is 3.02. The summed E-state index contributed by atoms with van der Waals surface area (Å²) in [6.45, 7) is 2.71. The lowest BCUT2D eigenvalue weighted by Gasteiger charge is -2.06. The van der Waals surface area contributed by atoms with Crippen LogP contribution in [0.2, 0.25) is 0 Å². The van der Waals surface area contributed by atoms with Crippen LogP contribution in [0.3, 0.4) is 0 Å². The van der Waals surface area contributed by atoms with Gasteiger partial charge in [-0.2, -0.15) is 13.2 Å². The second kappa shape index (κ2) is 10.2. The van der Waals surface area contributed by atoms with E-state index in [1.165, 1.54) is 0 Å². The van der Waals surface area contributed by atoms with Crippen LogP contribution in [0.4, 0.5) is 13.2 Å². The predicted octanol–water partition coefficient (Wildman–Crippen LogP) is 2.96. The highest BCUT2D eigenvalue weighted by atomic mass is 19.4. The van der Waals surface area contributed by atoms with Gasteiger partial charge in [-0.25, -0.2) is 9.48 Å². The Morgan fingerprint density at radius 1 is 1.16 bits per heavy atom. The number of likely N-dealkylation sites (tertiary alicyclic amines) is 1. The normalized spacial score (nSPS) is 16.3. The van der Waals surface area contributed by atoms with E-state index < -0.39 is 12.1 Å². The molecule has 1 saturated heterocycles. The maximum Gasteiger partial charge on any atom is 0.490 e. The zero-order valence-electron chi connectivity index (χ0n) is 17.1. The first-order valence-corrected chi connectivity index (χ1v) is 9.65. The van der Waals surface area contributed by atoms with Gasteiger partial charge in [0.25, 0.3) is 0 Å². The van der Waals surface area contributed by atoms with Crippen molar-refractivity contribution in [3.63, 3.8) is 0 Å². The zero-order chi connectivity index (χ0) is 23.1. The van der Waals surface area contributed by atoms with Crippen molar-refractivity contribution in [3.05, 3.63) is 60.0 Å². The second-order valence-electron chi connectivity index (χ2n) is 7.17. The third-order valence-corrected chi connectivity index (χ3v) is 4.59. The number of halogens is 3. The van der Waals surface area contributed by atoms with Gasteiger partial charge in [-0.1, -0.05) is 23.4 Å². The Morgan fingerprint density at radius 2 is 1.88 bits per heavy atom. The molecule has 0 aliphatic carbocycles. The molecule has 9 nitrogen and oxygen atoms in total. The van der Waals surface area contributed by atoms with Crippen molar-refractivity contribution in [2.45, 2.75) is 25.1 Å². The number of hydrogen-bond donors (Lipinski definition) is 1. The molecule has 0 radical (unpaired) electrons. The van der Waals surface area contributed by atoms with E-state index in [2.05, 4.69) is 32.5 Å². The lowest BCUT2D eigenvalue weighted by atomic mass is 10.1. The number of hydrogen-bond acceptors (Lipinski definition) is 7. The number of carboxylic acids is 1. The molecule has 0 saturated carbocycles. The minimum Gasteiger partial charge on any atom is -0.475 e. The highest BCUT2D eigenvalue weighted by Gasteiger charge is 2.38. The number of aliphatic carboxylic acids is 1. The van der Waals surface area contributed by atoms with E-state index in [0.29, 0.717) is 18.3 Å². The summed E-state index contributed by atoms with van der Waals surface area (Å²) in [6, 6.07) is 13.3. The molecule has 1 unspecified atom stereocenters. The highest BCUT2D eigenvalue weighted by Crippen LogP contribution is 2.24. The largest absolute Gasteiger partial charge is 0.490 e. The van der Waals surface area contributed by atoms with Crippen LogP contribution in [0.1, 0.15) is 23.7 Å². The topological polar surface area (TPSA) is 106 Å². The molecule has 1 aliphatic heterocycles. The van der Waals surface area contributed by atoms with Crippen LogP contribution >= 0.6 is 0 Å². The smallest absolute Gasteiger partial charge is 0.475 e. The van der Waals surface area contributed by atoms with Gasteiger partial charge in [0.05, 0.1) is 17.9 Å². The van der Waals surface area contributed by atoms with E-state index in [-0.39, 0.29) is 0 Å². The van der Waals surface area contributed by atoms with Crippen LogP contribution in [-0.4, -0.2) is 67.5 Å². The standard InChI is InChI=1S/C18H20N6O.C2HF3O2/c1-23-10-9-14(11-23)17-13-24(22-20-17)12-15-7-8-18(21-19-15)25-16-5-3-2-4-6-16;3-2(4,5)1(6)7/h2-8,13-14H,9-12H2,1H3;(H,6,7). The van der Waals surface area contributed by atoms with Gasteiger partial charge in [-0.3, -0.25) is 0 Å². The summed E-state index contributed by atoms with van der Waals surface area (Å²) in [7, 11) is 2.14. The van der Waals surface area contributed by atoms with Gasteiger partial charge in [0.1, 0.15) is 5.75 Å². The van der Waals surface area contributed by atoms with E-state index >= 15 is 0 Å². The molecule has 32 heavy (non-hydrogen) atoms. The number of alkyl halides is 3. The molecule has 1 fully saturated rings. The summed E-state index contributed by atoms with van der Waals surface area (Å²) in [5, 5.41) is 24.0. The van der Waals surface area contributed by atoms with E-state index in [1.807, 2.05) is 53.3 Å². The lowest BCUT2D eigenvalue weighted by molar-refractivity contribution is -0.192. The average molecular weight is 450 g/mol. The zero-order valence-corrected chi connectivity index (χ0v) is 17.1. The van der Waals surface area contributed by atoms with Crippen molar-refractivity contribution < 1.29 is 27.8 Å². The molecule has 4 rings (SSSR count). The monoisotopic (exact) mass is 450 g/mol. The van der Waals surface area contributed by atoms with Gasteiger partial charge in [0.15, 0.2) is 0 Å². The number of aromatic nitrogens is 5. The Bertz CT molecular complexity index is 1010. The molecular formula is C20H21F3N6O3. The Kier molecular flexibility index (Phi) is 7.36. The molecule has 1 aromatic carbocycles. The van der Waals surface area contributed by atoms with Crippen molar-refractivity contribution in [1.29, 1.82) is 0 Å². The van der Waals surface area contributed by atoms with Crippen LogP contribution in [0.5, 0.6) is 11.6 Å². The molecule has 3 heterocycles. The summed E-state index contributed by atoms with van der Waals surface area (Å²) >= 11 is 0. The van der Waals surface area contributed by atoms with Crippen LogP contribution in [0.25, 0.3) is 0 Å². The van der Waals surface area contributed by atoms with Gasteiger partial charge < -0.3 is 14.7 Å². The first kappa shape index (κ1) is 23.1. The summed E-state index contributed by atoms with van der Waals surface area (Å²) in [6.07, 6.45) is -1.93. The molecule has 3 aromatic rings. The fourth-order valence-corrected chi connectivity index (χ4v) is 3.02. The molecule has 1 atom stereocenters. The van der Waals surface area contributed by atoms with Crippen LogP contribution in [0, 0.1) is 0 Å². The Hall–Kier alpha value is -3.54. The third-order valence-electron chi connectivity index (χ3n) is 4.59. The van der Waals surface area contributed by atoms with E-state index in [4.69, 9.17) is 14.6 Å². The Morgan fingerprint density at radius 3 is 2.44 bits per heavy atom. The number of carboxylic acid groups (broad SMARTS) is 1. The van der Waals surface area contributed by atoms with Gasteiger partial charge in [0, 0.05) is 24.7 Å². The van der Waals surface area contributed by atoms with Gasteiger partial charge >= 0.3 is 12.1 Å². The molecule has 1 N–H and O–H groups in total. The van der Waals surface area contributed by atoms with Crippen molar-refractivity contribution in [3.8, 4) is 11.6 Å². The maximum absolute atomic E-state index is 10.6. The number of ether oxygens (including phenoxy) is 1. The van der Waals surface area contributed by atoms with E-state index in [9.17, 15) is 13.2 Å². The summed E-state index contributed by atoms with van der Waals surface area (Å²) in [5.74, 6) is -1.06. The molecule has 0 spiro atoms. The molecular weight excluding hydrogens is 429 g/mol. The van der Waals surface area contributed by atoms with Gasteiger partial charge in [-0.05, 0) is 38.2 Å². The molecule has 2 aromatic heterocycles. The number of likely N-dealkylation sites (N-methyl/N-ethyl adjacent to an activating group) is 1. The van der Waals surface area contributed by atoms with Crippen molar-refractivity contribution >= 4 is 5.97 Å². The first-order valence-electron chi connectivity index (χ1n) is 9.65. The quantitative estimate of drug-likeness (QED) is 0.633.